The average molecular weight is 732 g/mol. The molecule has 4 fully saturated rings. The van der Waals surface area contributed by atoms with Gasteiger partial charge in [0, 0.05) is 70.4 Å². The van der Waals surface area contributed by atoms with Crippen LogP contribution in [0.15, 0.2) is 54.9 Å². The number of imide groups is 1. The van der Waals surface area contributed by atoms with Crippen LogP contribution in [0.5, 0.6) is 0 Å². The van der Waals surface area contributed by atoms with E-state index in [-0.39, 0.29) is 29.7 Å². The molecule has 3 amide bonds. The Morgan fingerprint density at radius 2 is 1.63 bits per heavy atom. The SMILES string of the molecule is CN(C)C(=O)c1cc2cnc(Nc3ccc(N4CCN(C5CCC(CCc6ccc(C7CCC(=O)NC7=O)cc6)CC5)CC4)cn3)nc2n1C1CCCC1. The van der Waals surface area contributed by atoms with Gasteiger partial charge in [-0.2, -0.15) is 4.98 Å². The highest BCUT2D eigenvalue weighted by Crippen LogP contribution is 2.36. The van der Waals surface area contributed by atoms with E-state index in [1.807, 2.05) is 18.3 Å². The van der Waals surface area contributed by atoms with E-state index in [2.05, 4.69) is 60.3 Å². The van der Waals surface area contributed by atoms with E-state index in [0.29, 0.717) is 36.3 Å². The number of amides is 3. The summed E-state index contributed by atoms with van der Waals surface area (Å²) in [5.41, 5.74) is 4.94. The molecule has 8 rings (SSSR count). The fourth-order valence-electron chi connectivity index (χ4n) is 9.20. The second-order valence-electron chi connectivity index (χ2n) is 16.0. The Kier molecular flexibility index (Phi) is 10.6. The van der Waals surface area contributed by atoms with Crippen molar-refractivity contribution in [1.29, 1.82) is 0 Å². The molecule has 3 aromatic heterocycles. The first kappa shape index (κ1) is 36.2. The first-order valence-electron chi connectivity index (χ1n) is 20.0. The minimum atomic E-state index is -0.213. The number of anilines is 3. The fourth-order valence-corrected chi connectivity index (χ4v) is 9.20. The van der Waals surface area contributed by atoms with Crippen LogP contribution in [0.4, 0.5) is 17.5 Å². The number of hydrogen-bond donors (Lipinski definition) is 2. The van der Waals surface area contributed by atoms with Crippen molar-refractivity contribution < 1.29 is 14.4 Å². The van der Waals surface area contributed by atoms with Gasteiger partial charge >= 0.3 is 0 Å². The first-order valence-corrected chi connectivity index (χ1v) is 20.0. The minimum absolute atomic E-state index is 0.0129. The maximum Gasteiger partial charge on any atom is 0.270 e. The summed E-state index contributed by atoms with van der Waals surface area (Å²) in [5, 5.41) is 6.65. The zero-order chi connectivity index (χ0) is 37.2. The molecule has 2 aliphatic carbocycles. The Morgan fingerprint density at radius 1 is 0.870 bits per heavy atom. The molecule has 284 valence electrons. The summed E-state index contributed by atoms with van der Waals surface area (Å²) in [6.45, 7) is 4.13. The number of nitrogens with zero attached hydrogens (tertiary/aromatic N) is 7. The highest BCUT2D eigenvalue weighted by atomic mass is 16.2. The van der Waals surface area contributed by atoms with Crippen molar-refractivity contribution >= 4 is 46.2 Å². The van der Waals surface area contributed by atoms with Gasteiger partial charge in [-0.25, -0.2) is 9.97 Å². The van der Waals surface area contributed by atoms with Crippen LogP contribution in [-0.2, 0) is 16.0 Å². The number of carbonyl (C=O) groups is 3. The number of piperazine rings is 1. The van der Waals surface area contributed by atoms with Crippen LogP contribution >= 0.6 is 0 Å². The number of pyridine rings is 1. The molecule has 0 spiro atoms. The Hall–Kier alpha value is -4.84. The molecule has 0 radical (unpaired) electrons. The minimum Gasteiger partial charge on any atom is -0.368 e. The number of carbonyl (C=O) groups excluding carboxylic acids is 3. The van der Waals surface area contributed by atoms with Crippen LogP contribution in [0.3, 0.4) is 0 Å². The normalized spacial score (nSPS) is 22.8. The van der Waals surface area contributed by atoms with Gasteiger partial charge in [0.1, 0.15) is 17.2 Å². The maximum atomic E-state index is 13.1. The lowest BCUT2D eigenvalue weighted by molar-refractivity contribution is -0.134. The summed E-state index contributed by atoms with van der Waals surface area (Å²) in [5.74, 6) is 1.38. The third-order valence-electron chi connectivity index (χ3n) is 12.4. The lowest BCUT2D eigenvalue weighted by Crippen LogP contribution is -2.51. The molecule has 12 nitrogen and oxygen atoms in total. The Morgan fingerprint density at radius 3 is 2.31 bits per heavy atom. The molecule has 12 heteroatoms. The van der Waals surface area contributed by atoms with E-state index >= 15 is 0 Å². The first-order chi connectivity index (χ1) is 26.3. The van der Waals surface area contributed by atoms with Gasteiger partial charge in [0.15, 0.2) is 0 Å². The van der Waals surface area contributed by atoms with Gasteiger partial charge in [-0.3, -0.25) is 24.6 Å². The number of fused-ring (bicyclic) bond motifs is 1. The van der Waals surface area contributed by atoms with Crippen molar-refractivity contribution in [2.24, 2.45) is 5.92 Å². The van der Waals surface area contributed by atoms with Gasteiger partial charge in [0.05, 0.1) is 17.8 Å². The van der Waals surface area contributed by atoms with Crippen molar-refractivity contribution in [2.45, 2.75) is 95.1 Å². The monoisotopic (exact) mass is 731 g/mol. The number of piperidine rings is 1. The van der Waals surface area contributed by atoms with E-state index in [0.717, 1.165) is 73.6 Å². The second-order valence-corrected chi connectivity index (χ2v) is 16.0. The van der Waals surface area contributed by atoms with Crippen LogP contribution in [0.1, 0.15) is 104 Å². The molecule has 0 bridgehead atoms. The highest BCUT2D eigenvalue weighted by molar-refractivity contribution is 6.01. The van der Waals surface area contributed by atoms with Crippen LogP contribution in [0.2, 0.25) is 0 Å². The summed E-state index contributed by atoms with van der Waals surface area (Å²) in [7, 11) is 3.58. The quantitative estimate of drug-likeness (QED) is 0.183. The number of nitrogens with one attached hydrogen (secondary N) is 2. The van der Waals surface area contributed by atoms with Gasteiger partial charge in [0.25, 0.3) is 5.91 Å². The molecule has 5 heterocycles. The maximum absolute atomic E-state index is 13.1. The van der Waals surface area contributed by atoms with E-state index in [1.165, 1.54) is 50.5 Å². The lowest BCUT2D eigenvalue weighted by Gasteiger charge is -2.42. The molecule has 1 unspecified atom stereocenters. The van der Waals surface area contributed by atoms with Gasteiger partial charge in [-0.1, -0.05) is 37.1 Å². The second kappa shape index (κ2) is 15.9. The van der Waals surface area contributed by atoms with Crippen molar-refractivity contribution in [3.8, 4) is 0 Å². The molecular formula is C42H53N9O3. The smallest absolute Gasteiger partial charge is 0.270 e. The summed E-state index contributed by atoms with van der Waals surface area (Å²) < 4.78 is 2.13. The van der Waals surface area contributed by atoms with Crippen molar-refractivity contribution in [1.82, 2.24) is 34.6 Å². The molecule has 2 aliphatic heterocycles. The van der Waals surface area contributed by atoms with Crippen LogP contribution in [-0.4, -0.2) is 93.4 Å². The molecule has 1 aromatic carbocycles. The van der Waals surface area contributed by atoms with Crippen molar-refractivity contribution in [2.75, 3.05) is 50.5 Å². The summed E-state index contributed by atoms with van der Waals surface area (Å²) in [6, 6.07) is 15.5. The number of benzene rings is 1. The molecule has 4 aromatic rings. The van der Waals surface area contributed by atoms with Crippen LogP contribution in [0, 0.1) is 5.92 Å². The van der Waals surface area contributed by atoms with E-state index < -0.39 is 0 Å². The number of aryl methyl sites for hydroxylation is 1. The number of rotatable bonds is 10. The van der Waals surface area contributed by atoms with Crippen molar-refractivity contribution in [3.63, 3.8) is 0 Å². The molecule has 54 heavy (non-hydrogen) atoms. The number of aromatic nitrogens is 4. The zero-order valence-corrected chi connectivity index (χ0v) is 31.7. The third-order valence-corrected chi connectivity index (χ3v) is 12.4. The van der Waals surface area contributed by atoms with E-state index in [4.69, 9.17) is 9.97 Å². The predicted octanol–water partition coefficient (Wildman–Crippen LogP) is 6.22. The van der Waals surface area contributed by atoms with E-state index in [9.17, 15) is 14.4 Å². The molecule has 2 saturated heterocycles. The van der Waals surface area contributed by atoms with Gasteiger partial charge < -0.3 is 19.7 Å². The van der Waals surface area contributed by atoms with Gasteiger partial charge in [-0.15, -0.1) is 0 Å². The summed E-state index contributed by atoms with van der Waals surface area (Å²) >= 11 is 0. The van der Waals surface area contributed by atoms with Crippen molar-refractivity contribution in [3.05, 3.63) is 71.7 Å². The number of hydrogen-bond acceptors (Lipinski definition) is 9. The van der Waals surface area contributed by atoms with E-state index in [1.54, 1.807) is 25.2 Å². The van der Waals surface area contributed by atoms with Gasteiger partial charge in [0.2, 0.25) is 17.8 Å². The fraction of sp³-hybridized carbons (Fsp3) is 0.524. The highest BCUT2D eigenvalue weighted by Gasteiger charge is 2.30. The molecule has 4 aliphatic rings. The van der Waals surface area contributed by atoms with Gasteiger partial charge in [-0.05, 0) is 93.0 Å². The summed E-state index contributed by atoms with van der Waals surface area (Å²) in [6.07, 6.45) is 16.6. The molecule has 2 saturated carbocycles. The molecule has 1 atom stereocenters. The predicted molar refractivity (Wildman–Crippen MR) is 210 cm³/mol. The largest absolute Gasteiger partial charge is 0.368 e. The molecule has 2 N–H and O–H groups in total. The Balaban J connectivity index is 0.799. The molecular weight excluding hydrogens is 679 g/mol. The average Bonchev–Trinajstić information content (AvgIpc) is 3.86. The van der Waals surface area contributed by atoms with Crippen LogP contribution in [0.25, 0.3) is 11.0 Å². The topological polar surface area (TPSA) is 129 Å². The zero-order valence-electron chi connectivity index (χ0n) is 31.7. The Labute approximate surface area is 317 Å². The Bertz CT molecular complexity index is 1950. The standard InChI is InChI=1S/C42H53N9O3/c1-48(2)41(54)36-25-31-26-44-42(47-39(31)51(36)33-5-3-4-6-33)45-37-19-17-34(27-43-37)50-23-21-49(22-24-50)32-15-11-29(12-16-32)8-7-28-9-13-30(14-10-28)35-18-20-38(52)46-40(35)53/h9-10,13-14,17,19,25-27,29,32-33,35H,3-8,11-12,15-16,18,20-24H2,1-2H3,(H,46,52,53)(H,43,44,45,47). The lowest BCUT2D eigenvalue weighted by atomic mass is 9.82. The third kappa shape index (κ3) is 7.85. The summed E-state index contributed by atoms with van der Waals surface area (Å²) in [4.78, 5) is 57.8. The van der Waals surface area contributed by atoms with Crippen LogP contribution < -0.4 is 15.5 Å².